The zero-order chi connectivity index (χ0) is 26.2. The molecule has 36 heavy (non-hydrogen) atoms. The van der Waals surface area contributed by atoms with Crippen molar-refractivity contribution in [3.63, 3.8) is 0 Å². The van der Waals surface area contributed by atoms with Gasteiger partial charge in [0.15, 0.2) is 0 Å². The van der Waals surface area contributed by atoms with Crippen LogP contribution in [0.1, 0.15) is 54.6 Å². The van der Waals surface area contributed by atoms with Gasteiger partial charge in [-0.05, 0) is 74.0 Å². The van der Waals surface area contributed by atoms with Crippen LogP contribution in [-0.4, -0.2) is 45.9 Å². The van der Waals surface area contributed by atoms with E-state index in [0.29, 0.717) is 24.1 Å². The lowest BCUT2D eigenvalue weighted by molar-refractivity contribution is -0.142. The van der Waals surface area contributed by atoms with Gasteiger partial charge in [0.1, 0.15) is 5.82 Å². The van der Waals surface area contributed by atoms with Crippen LogP contribution in [-0.2, 0) is 9.59 Å². The molecule has 0 unspecified atom stereocenters. The standard InChI is InChI=1S/C25H24F4N2O4S/c1-2-30(21(32)11-12-22(33)34)23-17-8-10-19(17)31(20-9-5-15(26)13-18(20)23)24(35)14-3-6-16(7-4-14)36-25(27,28)29/h3-7,9,13,17,19,23H,2,8,10-12H2,1H3,(H,33,34)/t17-,19+,23+/m0/s1. The molecule has 11 heteroatoms. The second-order valence-electron chi connectivity index (χ2n) is 8.78. The van der Waals surface area contributed by atoms with Crippen LogP contribution >= 0.6 is 11.8 Å². The fourth-order valence-electron chi connectivity index (χ4n) is 5.07. The molecule has 6 nitrogen and oxygen atoms in total. The Balaban J connectivity index is 1.68. The summed E-state index contributed by atoms with van der Waals surface area (Å²) in [7, 11) is 0. The summed E-state index contributed by atoms with van der Waals surface area (Å²) in [6, 6.07) is 8.35. The van der Waals surface area contributed by atoms with Crippen LogP contribution in [0.3, 0.4) is 0 Å². The molecule has 2 aromatic rings. The maximum atomic E-state index is 14.4. The van der Waals surface area contributed by atoms with E-state index < -0.39 is 29.2 Å². The molecule has 1 aliphatic heterocycles. The average Bonchev–Trinajstić information content (AvgIpc) is 2.78. The normalized spacial score (nSPS) is 20.7. The Morgan fingerprint density at radius 1 is 1.08 bits per heavy atom. The summed E-state index contributed by atoms with van der Waals surface area (Å²) < 4.78 is 52.4. The summed E-state index contributed by atoms with van der Waals surface area (Å²) in [4.78, 5) is 40.5. The summed E-state index contributed by atoms with van der Waals surface area (Å²) >= 11 is -0.267. The molecule has 0 saturated heterocycles. The van der Waals surface area contributed by atoms with Gasteiger partial charge in [0, 0.05) is 46.6 Å². The number of carbonyl (C=O) groups is 3. The first-order chi connectivity index (χ1) is 17.0. The molecule has 4 rings (SSSR count). The molecule has 0 spiro atoms. The summed E-state index contributed by atoms with van der Waals surface area (Å²) in [5.74, 6) is -2.58. The lowest BCUT2D eigenvalue weighted by atomic mass is 9.67. The molecule has 2 aliphatic rings. The Bertz CT molecular complexity index is 1170. The topological polar surface area (TPSA) is 77.9 Å². The Labute approximate surface area is 209 Å². The maximum absolute atomic E-state index is 14.4. The van der Waals surface area contributed by atoms with E-state index in [2.05, 4.69) is 0 Å². The lowest BCUT2D eigenvalue weighted by Crippen LogP contribution is -2.58. The van der Waals surface area contributed by atoms with Crippen molar-refractivity contribution in [1.82, 2.24) is 4.90 Å². The molecule has 1 N–H and O–H groups in total. The quantitative estimate of drug-likeness (QED) is 0.375. The molecule has 0 radical (unpaired) electrons. The first kappa shape index (κ1) is 26.0. The van der Waals surface area contributed by atoms with Crippen LogP contribution in [0.2, 0.25) is 0 Å². The number of carboxylic acid groups (broad SMARTS) is 1. The predicted molar refractivity (Wildman–Crippen MR) is 125 cm³/mol. The van der Waals surface area contributed by atoms with Crippen LogP contribution < -0.4 is 4.90 Å². The third-order valence-corrected chi connectivity index (χ3v) is 7.44. The number of carboxylic acids is 1. The Morgan fingerprint density at radius 3 is 2.33 bits per heavy atom. The highest BCUT2D eigenvalue weighted by molar-refractivity contribution is 8.00. The minimum Gasteiger partial charge on any atom is -0.481 e. The highest BCUT2D eigenvalue weighted by Crippen LogP contribution is 2.52. The van der Waals surface area contributed by atoms with Crippen LogP contribution in [0.4, 0.5) is 23.2 Å². The Morgan fingerprint density at radius 2 is 1.78 bits per heavy atom. The summed E-state index contributed by atoms with van der Waals surface area (Å²) in [5, 5.41) is 8.98. The van der Waals surface area contributed by atoms with Crippen molar-refractivity contribution in [3.05, 3.63) is 59.4 Å². The third kappa shape index (κ3) is 5.21. The molecule has 1 aliphatic carbocycles. The molecule has 2 amide bonds. The number of fused-ring (bicyclic) bond motifs is 2. The van der Waals surface area contributed by atoms with Crippen molar-refractivity contribution in [2.75, 3.05) is 11.4 Å². The number of amides is 2. The first-order valence-corrected chi connectivity index (χ1v) is 12.3. The fraction of sp³-hybridized carbons (Fsp3) is 0.400. The highest BCUT2D eigenvalue weighted by Gasteiger charge is 2.51. The molecule has 0 bridgehead atoms. The predicted octanol–water partition coefficient (Wildman–Crippen LogP) is 5.63. The van der Waals surface area contributed by atoms with Gasteiger partial charge in [0.25, 0.3) is 5.91 Å². The van der Waals surface area contributed by atoms with E-state index in [0.717, 1.165) is 0 Å². The monoisotopic (exact) mass is 524 g/mol. The van der Waals surface area contributed by atoms with E-state index in [1.54, 1.807) is 16.7 Å². The van der Waals surface area contributed by atoms with E-state index in [1.807, 2.05) is 0 Å². The number of benzene rings is 2. The molecule has 1 fully saturated rings. The van der Waals surface area contributed by atoms with Crippen molar-refractivity contribution >= 4 is 35.2 Å². The Hall–Kier alpha value is -3.08. The highest BCUT2D eigenvalue weighted by atomic mass is 32.2. The van der Waals surface area contributed by atoms with Crippen molar-refractivity contribution in [1.29, 1.82) is 0 Å². The number of anilines is 1. The van der Waals surface area contributed by atoms with Gasteiger partial charge < -0.3 is 14.9 Å². The number of aliphatic carboxylic acids is 1. The molecular weight excluding hydrogens is 500 g/mol. The van der Waals surface area contributed by atoms with Crippen molar-refractivity contribution in [2.45, 2.75) is 55.1 Å². The zero-order valence-electron chi connectivity index (χ0n) is 19.3. The van der Waals surface area contributed by atoms with E-state index >= 15 is 0 Å². The summed E-state index contributed by atoms with van der Waals surface area (Å²) in [6.07, 6.45) is 0.817. The number of alkyl halides is 3. The molecule has 1 saturated carbocycles. The average molecular weight is 525 g/mol. The third-order valence-electron chi connectivity index (χ3n) is 6.70. The fourth-order valence-corrected chi connectivity index (χ4v) is 5.61. The second-order valence-corrected chi connectivity index (χ2v) is 9.92. The minimum atomic E-state index is -4.44. The SMILES string of the molecule is CCN(C(=O)CCC(=O)O)[C@H]1c2cc(F)ccc2N(C(=O)c2ccc(SC(F)(F)F)cc2)[C@@H]2CC[C@@H]21. The molecule has 1 heterocycles. The number of thioether (sulfide) groups is 1. The number of nitrogens with zero attached hydrogens (tertiary/aromatic N) is 2. The van der Waals surface area contributed by atoms with E-state index in [4.69, 9.17) is 5.11 Å². The van der Waals surface area contributed by atoms with Gasteiger partial charge in [0.2, 0.25) is 5.91 Å². The van der Waals surface area contributed by atoms with E-state index in [-0.39, 0.29) is 59.5 Å². The van der Waals surface area contributed by atoms with Crippen molar-refractivity contribution < 1.29 is 37.1 Å². The second kappa shape index (κ2) is 10.1. The van der Waals surface area contributed by atoms with Gasteiger partial charge >= 0.3 is 11.5 Å². The van der Waals surface area contributed by atoms with Crippen LogP contribution in [0.15, 0.2) is 47.4 Å². The summed E-state index contributed by atoms with van der Waals surface area (Å²) in [6.45, 7) is 2.05. The maximum Gasteiger partial charge on any atom is 0.446 e. The van der Waals surface area contributed by atoms with Gasteiger partial charge in [-0.3, -0.25) is 14.4 Å². The molecule has 192 valence electrons. The summed E-state index contributed by atoms with van der Waals surface area (Å²) in [5.41, 5.74) is -3.35. The van der Waals surface area contributed by atoms with Crippen LogP contribution in [0, 0.1) is 11.7 Å². The lowest BCUT2D eigenvalue weighted by Gasteiger charge is -2.55. The zero-order valence-corrected chi connectivity index (χ0v) is 20.1. The van der Waals surface area contributed by atoms with Gasteiger partial charge in [-0.25, -0.2) is 4.39 Å². The molecular formula is C25H24F4N2O4S. The first-order valence-electron chi connectivity index (χ1n) is 11.5. The van der Waals surface area contributed by atoms with Crippen LogP contribution in [0.5, 0.6) is 0 Å². The van der Waals surface area contributed by atoms with Gasteiger partial charge in [-0.15, -0.1) is 0 Å². The van der Waals surface area contributed by atoms with Gasteiger partial charge in [0.05, 0.1) is 12.5 Å². The number of carbonyl (C=O) groups excluding carboxylic acids is 2. The van der Waals surface area contributed by atoms with Crippen LogP contribution in [0.25, 0.3) is 0 Å². The van der Waals surface area contributed by atoms with E-state index in [9.17, 15) is 31.9 Å². The Kier molecular flexibility index (Phi) is 7.31. The van der Waals surface area contributed by atoms with Crippen molar-refractivity contribution in [2.24, 2.45) is 5.92 Å². The number of hydrogen-bond acceptors (Lipinski definition) is 4. The molecule has 0 aromatic heterocycles. The largest absolute Gasteiger partial charge is 0.481 e. The minimum absolute atomic E-state index is 0.0415. The molecule has 2 aromatic carbocycles. The number of halogens is 4. The number of hydrogen-bond donors (Lipinski definition) is 1. The van der Waals surface area contributed by atoms with Gasteiger partial charge in [-0.2, -0.15) is 13.2 Å². The van der Waals surface area contributed by atoms with Gasteiger partial charge in [-0.1, -0.05) is 0 Å². The van der Waals surface area contributed by atoms with E-state index in [1.165, 1.54) is 42.5 Å². The molecule has 3 atom stereocenters. The smallest absolute Gasteiger partial charge is 0.446 e. The number of rotatable bonds is 7. The van der Waals surface area contributed by atoms with Crippen molar-refractivity contribution in [3.8, 4) is 0 Å².